The lowest BCUT2D eigenvalue weighted by molar-refractivity contribution is -0.120. The Hall–Kier alpha value is -3.08. The summed E-state index contributed by atoms with van der Waals surface area (Å²) in [4.78, 5) is 15.1. The smallest absolute Gasteiger partial charge is 0.255 e. The van der Waals surface area contributed by atoms with Gasteiger partial charge in [0.15, 0.2) is 0 Å². The Labute approximate surface area is 157 Å². The number of hydrogen-bond acceptors (Lipinski definition) is 2. The number of carbonyl (C=O) groups is 1. The van der Waals surface area contributed by atoms with Crippen LogP contribution < -0.4 is 9.64 Å². The first-order valence-electron chi connectivity index (χ1n) is 8.88. The zero-order valence-corrected chi connectivity index (χ0v) is 15.6. The molecule has 4 nitrogen and oxygen atoms in total. The molecule has 4 rings (SSSR count). The molecule has 5 heteroatoms. The molecule has 27 heavy (non-hydrogen) atoms. The molecule has 1 aromatic heterocycles. The molecule has 1 atom stereocenters. The molecule has 0 saturated heterocycles. The minimum atomic E-state index is -0.538. The van der Waals surface area contributed by atoms with E-state index in [0.29, 0.717) is 12.1 Å². The fourth-order valence-corrected chi connectivity index (χ4v) is 3.80. The van der Waals surface area contributed by atoms with E-state index in [-0.39, 0.29) is 11.7 Å². The summed E-state index contributed by atoms with van der Waals surface area (Å²) in [5.41, 5.74) is 4.41. The highest BCUT2D eigenvalue weighted by Gasteiger charge is 2.39. The summed E-state index contributed by atoms with van der Waals surface area (Å²) < 4.78 is 21.2. The number of methoxy groups -OCH3 is 1. The number of anilines is 1. The van der Waals surface area contributed by atoms with Gasteiger partial charge in [0.25, 0.3) is 5.91 Å². The highest BCUT2D eigenvalue weighted by Crippen LogP contribution is 2.41. The Morgan fingerprint density at radius 2 is 1.67 bits per heavy atom. The van der Waals surface area contributed by atoms with Crippen molar-refractivity contribution in [1.29, 1.82) is 0 Å². The molecule has 1 unspecified atom stereocenters. The quantitative estimate of drug-likeness (QED) is 0.688. The van der Waals surface area contributed by atoms with E-state index in [9.17, 15) is 9.18 Å². The number of carbonyl (C=O) groups excluding carboxylic acids is 1. The van der Waals surface area contributed by atoms with Crippen LogP contribution in [-0.2, 0) is 11.3 Å². The maximum atomic E-state index is 14.0. The summed E-state index contributed by atoms with van der Waals surface area (Å²) in [5, 5.41) is 0. The van der Waals surface area contributed by atoms with Crippen molar-refractivity contribution in [2.24, 2.45) is 0 Å². The van der Waals surface area contributed by atoms with E-state index >= 15 is 0 Å². The zero-order valence-electron chi connectivity index (χ0n) is 15.6. The third-order valence-corrected chi connectivity index (χ3v) is 5.16. The predicted octanol–water partition coefficient (Wildman–Crippen LogP) is 4.39. The van der Waals surface area contributed by atoms with Gasteiger partial charge in [0, 0.05) is 17.0 Å². The van der Waals surface area contributed by atoms with E-state index in [1.165, 1.54) is 12.1 Å². The van der Waals surface area contributed by atoms with Gasteiger partial charge in [-0.3, -0.25) is 4.79 Å². The molecule has 0 saturated carbocycles. The van der Waals surface area contributed by atoms with Gasteiger partial charge in [0.1, 0.15) is 17.6 Å². The van der Waals surface area contributed by atoms with Crippen molar-refractivity contribution in [2.75, 3.05) is 12.0 Å². The average Bonchev–Trinajstić information content (AvgIpc) is 3.12. The van der Waals surface area contributed by atoms with Crippen LogP contribution in [-0.4, -0.2) is 17.6 Å². The van der Waals surface area contributed by atoms with Crippen molar-refractivity contribution in [1.82, 2.24) is 4.57 Å². The van der Waals surface area contributed by atoms with Crippen molar-refractivity contribution in [3.05, 3.63) is 82.9 Å². The van der Waals surface area contributed by atoms with Gasteiger partial charge in [-0.05, 0) is 61.9 Å². The highest BCUT2D eigenvalue weighted by molar-refractivity contribution is 6.05. The number of rotatable bonds is 4. The van der Waals surface area contributed by atoms with Crippen LogP contribution in [0.3, 0.4) is 0 Å². The number of aryl methyl sites for hydroxylation is 2. The fourth-order valence-electron chi connectivity index (χ4n) is 3.80. The number of hydrogen-bond donors (Lipinski definition) is 0. The molecule has 2 heterocycles. The molecule has 0 radical (unpaired) electrons. The first-order chi connectivity index (χ1) is 13.0. The van der Waals surface area contributed by atoms with Crippen LogP contribution in [0.15, 0.2) is 54.6 Å². The average molecular weight is 364 g/mol. The molecule has 2 aromatic carbocycles. The molecule has 0 aliphatic carbocycles. The van der Waals surface area contributed by atoms with Crippen LogP contribution in [0.1, 0.15) is 28.6 Å². The zero-order chi connectivity index (χ0) is 19.1. The lowest BCUT2D eigenvalue weighted by atomic mass is 10.1. The van der Waals surface area contributed by atoms with E-state index in [4.69, 9.17) is 4.74 Å². The largest absolute Gasteiger partial charge is 0.497 e. The number of ether oxygens (including phenoxy) is 1. The summed E-state index contributed by atoms with van der Waals surface area (Å²) in [6.45, 7) is 4.36. The molecular formula is C22H21FN2O2. The van der Waals surface area contributed by atoms with E-state index in [2.05, 4.69) is 0 Å². The number of fused-ring (bicyclic) bond motifs is 1. The van der Waals surface area contributed by atoms with Gasteiger partial charge >= 0.3 is 0 Å². The van der Waals surface area contributed by atoms with Gasteiger partial charge in [-0.2, -0.15) is 0 Å². The van der Waals surface area contributed by atoms with Crippen LogP contribution in [0.2, 0.25) is 0 Å². The van der Waals surface area contributed by atoms with Crippen LogP contribution in [0, 0.1) is 19.7 Å². The normalized spacial score (nSPS) is 15.9. The minimum Gasteiger partial charge on any atom is -0.497 e. The Morgan fingerprint density at radius 3 is 2.30 bits per heavy atom. The monoisotopic (exact) mass is 364 g/mol. The fraction of sp³-hybridized carbons (Fsp3) is 0.227. The van der Waals surface area contributed by atoms with Crippen molar-refractivity contribution < 1.29 is 13.9 Å². The number of nitrogens with zero attached hydrogens (tertiary/aromatic N) is 2. The second kappa shape index (κ2) is 6.58. The lowest BCUT2D eigenvalue weighted by Gasteiger charge is -2.20. The molecular weight excluding hydrogens is 343 g/mol. The van der Waals surface area contributed by atoms with Gasteiger partial charge < -0.3 is 14.2 Å². The topological polar surface area (TPSA) is 34.5 Å². The Morgan fingerprint density at radius 1 is 1.00 bits per heavy atom. The number of aromatic nitrogens is 1. The Balaban J connectivity index is 1.76. The van der Waals surface area contributed by atoms with Crippen LogP contribution >= 0.6 is 0 Å². The number of amides is 1. The van der Waals surface area contributed by atoms with Gasteiger partial charge in [-0.1, -0.05) is 12.1 Å². The summed E-state index contributed by atoms with van der Waals surface area (Å²) in [7, 11) is 1.62. The first kappa shape index (κ1) is 17.3. The van der Waals surface area contributed by atoms with Gasteiger partial charge in [0.05, 0.1) is 19.3 Å². The third kappa shape index (κ3) is 2.89. The first-order valence-corrected chi connectivity index (χ1v) is 8.88. The standard InChI is InChI=1S/C22H21FN2O2/c1-14-4-5-15(2)25(14)21-19-12-17(23)8-11-20(19)24(22(21)26)13-16-6-9-18(27-3)10-7-16/h4-12,21H,13H2,1-3H3. The van der Waals surface area contributed by atoms with E-state index < -0.39 is 6.04 Å². The third-order valence-electron chi connectivity index (χ3n) is 5.16. The lowest BCUT2D eigenvalue weighted by Crippen LogP contribution is -2.31. The van der Waals surface area contributed by atoms with Crippen molar-refractivity contribution in [2.45, 2.75) is 26.4 Å². The van der Waals surface area contributed by atoms with Crippen LogP contribution in [0.4, 0.5) is 10.1 Å². The van der Waals surface area contributed by atoms with E-state index in [1.54, 1.807) is 18.1 Å². The summed E-state index contributed by atoms with van der Waals surface area (Å²) >= 11 is 0. The van der Waals surface area contributed by atoms with E-state index in [1.807, 2.05) is 54.8 Å². The molecule has 138 valence electrons. The molecule has 3 aromatic rings. The molecule has 0 fully saturated rings. The molecule has 1 aliphatic rings. The van der Waals surface area contributed by atoms with Gasteiger partial charge in [0.2, 0.25) is 0 Å². The number of halogens is 1. The second-order valence-electron chi connectivity index (χ2n) is 6.86. The highest BCUT2D eigenvalue weighted by atomic mass is 19.1. The number of benzene rings is 2. The van der Waals surface area contributed by atoms with Gasteiger partial charge in [-0.25, -0.2) is 4.39 Å². The summed E-state index contributed by atoms with van der Waals surface area (Å²) in [5.74, 6) is 0.388. The molecule has 1 amide bonds. The molecule has 0 N–H and O–H groups in total. The molecule has 0 bridgehead atoms. The Kier molecular flexibility index (Phi) is 4.22. The second-order valence-corrected chi connectivity index (χ2v) is 6.86. The van der Waals surface area contributed by atoms with Crippen molar-refractivity contribution >= 4 is 11.6 Å². The van der Waals surface area contributed by atoms with Crippen LogP contribution in [0.25, 0.3) is 0 Å². The van der Waals surface area contributed by atoms with E-state index in [0.717, 1.165) is 28.4 Å². The predicted molar refractivity (Wildman–Crippen MR) is 103 cm³/mol. The Bertz CT molecular complexity index is 988. The molecule has 1 aliphatic heterocycles. The van der Waals surface area contributed by atoms with Crippen molar-refractivity contribution in [3.63, 3.8) is 0 Å². The maximum Gasteiger partial charge on any atom is 0.255 e. The molecule has 0 spiro atoms. The summed E-state index contributed by atoms with van der Waals surface area (Å²) in [6, 6.07) is 15.6. The van der Waals surface area contributed by atoms with Crippen LogP contribution in [0.5, 0.6) is 5.75 Å². The van der Waals surface area contributed by atoms with Crippen molar-refractivity contribution in [3.8, 4) is 5.75 Å². The SMILES string of the molecule is COc1ccc(CN2C(=O)C(n3c(C)ccc3C)c3cc(F)ccc32)cc1. The van der Waals surface area contributed by atoms with Gasteiger partial charge in [-0.15, -0.1) is 0 Å². The maximum absolute atomic E-state index is 14.0. The summed E-state index contributed by atoms with van der Waals surface area (Å²) in [6.07, 6.45) is 0. The minimum absolute atomic E-state index is 0.0474.